The van der Waals surface area contributed by atoms with E-state index in [1.54, 1.807) is 19.1 Å². The number of hydrogen-bond donors (Lipinski definition) is 1. The van der Waals surface area contributed by atoms with Crippen LogP contribution in [0.5, 0.6) is 0 Å². The molecule has 4 nitrogen and oxygen atoms in total. The molecule has 1 N–H and O–H groups in total. The summed E-state index contributed by atoms with van der Waals surface area (Å²) < 4.78 is 33.4. The number of rotatable bonds is 6. The smallest absolute Gasteiger partial charge is 0.242 e. The highest BCUT2D eigenvalue weighted by atomic mass is 35.5. The second-order valence-corrected chi connectivity index (χ2v) is 9.05. The Hall–Kier alpha value is -0.340. The van der Waals surface area contributed by atoms with Gasteiger partial charge in [-0.3, -0.25) is 0 Å². The Kier molecular flexibility index (Phi) is 6.35. The van der Waals surface area contributed by atoms with Crippen molar-refractivity contribution in [3.05, 3.63) is 49.1 Å². The Morgan fingerprint density at radius 1 is 1.22 bits per heavy atom. The van der Waals surface area contributed by atoms with Gasteiger partial charge in [0.05, 0.1) is 9.36 Å². The van der Waals surface area contributed by atoms with Gasteiger partial charge in [-0.05, 0) is 36.8 Å². The Morgan fingerprint density at radius 2 is 1.91 bits per heavy atom. The molecule has 1 aromatic heterocycles. The molecular weight excluding hydrogens is 401 g/mol. The van der Waals surface area contributed by atoms with Crippen molar-refractivity contribution >= 4 is 56.2 Å². The number of aryl methyl sites for hydroxylation is 1. The van der Waals surface area contributed by atoms with E-state index >= 15 is 0 Å². The molecule has 23 heavy (non-hydrogen) atoms. The lowest BCUT2D eigenvalue weighted by atomic mass is 10.2. The molecule has 0 saturated heterocycles. The van der Waals surface area contributed by atoms with Crippen LogP contribution in [0, 0.1) is 6.92 Å². The van der Waals surface area contributed by atoms with Crippen LogP contribution < -0.4 is 4.72 Å². The molecule has 0 aliphatic carbocycles. The van der Waals surface area contributed by atoms with Crippen molar-refractivity contribution in [3.8, 4) is 0 Å². The van der Waals surface area contributed by atoms with Gasteiger partial charge in [0.25, 0.3) is 0 Å². The summed E-state index contributed by atoms with van der Waals surface area (Å²) >= 11 is 19.2. The molecule has 9 heteroatoms. The number of sulfonamides is 1. The van der Waals surface area contributed by atoms with Crippen molar-refractivity contribution in [2.45, 2.75) is 17.9 Å². The molecule has 2 rings (SSSR count). The zero-order chi connectivity index (χ0) is 17.2. The van der Waals surface area contributed by atoms with Crippen LogP contribution >= 0.6 is 46.1 Å². The standard InChI is InChI=1S/C14H14Cl3NO3S2/c1-8-5-13(10(16)6-9(8)15)23(19,20)18-7-11(21-2)12-3-4-14(17)22-12/h3-6,11,18H,7H2,1-2H3. The van der Waals surface area contributed by atoms with Gasteiger partial charge in [-0.15, -0.1) is 11.3 Å². The molecule has 1 atom stereocenters. The molecule has 1 unspecified atom stereocenters. The third kappa shape index (κ3) is 4.60. The van der Waals surface area contributed by atoms with E-state index in [1.165, 1.54) is 30.6 Å². The fourth-order valence-corrected chi connectivity index (χ4v) is 4.90. The summed E-state index contributed by atoms with van der Waals surface area (Å²) in [5, 5.41) is 0.484. The van der Waals surface area contributed by atoms with Crippen LogP contribution in [0.2, 0.25) is 14.4 Å². The zero-order valence-electron chi connectivity index (χ0n) is 12.3. The van der Waals surface area contributed by atoms with Crippen LogP contribution in [-0.2, 0) is 14.8 Å². The van der Waals surface area contributed by atoms with Crippen molar-refractivity contribution in [3.63, 3.8) is 0 Å². The minimum atomic E-state index is -3.79. The number of thiophene rings is 1. The average molecular weight is 415 g/mol. The lowest BCUT2D eigenvalue weighted by molar-refractivity contribution is 0.110. The molecule has 0 bridgehead atoms. The predicted octanol–water partition coefficient (Wildman–Crippen LogP) is 4.68. The SMILES string of the molecule is COC(CNS(=O)(=O)c1cc(C)c(Cl)cc1Cl)c1ccc(Cl)s1. The molecule has 2 aromatic rings. The molecule has 1 heterocycles. The number of benzene rings is 1. The zero-order valence-corrected chi connectivity index (χ0v) is 16.2. The summed E-state index contributed by atoms with van der Waals surface area (Å²) in [5.74, 6) is 0. The van der Waals surface area contributed by atoms with Crippen molar-refractivity contribution in [1.82, 2.24) is 4.72 Å². The highest BCUT2D eigenvalue weighted by molar-refractivity contribution is 7.89. The number of methoxy groups -OCH3 is 1. The fraction of sp³-hybridized carbons (Fsp3) is 0.286. The molecule has 1 aromatic carbocycles. The molecule has 0 fully saturated rings. The lowest BCUT2D eigenvalue weighted by Gasteiger charge is -2.15. The second kappa shape index (κ2) is 7.70. The highest BCUT2D eigenvalue weighted by Gasteiger charge is 2.22. The van der Waals surface area contributed by atoms with Crippen LogP contribution in [0.15, 0.2) is 29.2 Å². The Bertz CT molecular complexity index is 806. The average Bonchev–Trinajstić information content (AvgIpc) is 2.90. The Labute approximate surface area is 154 Å². The van der Waals surface area contributed by atoms with Gasteiger partial charge in [0.1, 0.15) is 11.0 Å². The molecule has 0 saturated carbocycles. The van der Waals surface area contributed by atoms with Gasteiger partial charge in [-0.2, -0.15) is 0 Å². The molecule has 0 amide bonds. The first-order valence-electron chi connectivity index (χ1n) is 6.48. The third-order valence-electron chi connectivity index (χ3n) is 3.16. The molecule has 0 aliphatic rings. The maximum absolute atomic E-state index is 12.5. The lowest BCUT2D eigenvalue weighted by Crippen LogP contribution is -2.29. The van der Waals surface area contributed by atoms with Gasteiger partial charge < -0.3 is 4.74 Å². The topological polar surface area (TPSA) is 55.4 Å². The number of nitrogens with one attached hydrogen (secondary N) is 1. The van der Waals surface area contributed by atoms with Crippen LogP contribution in [0.25, 0.3) is 0 Å². The first kappa shape index (κ1) is 19.0. The molecule has 0 aliphatic heterocycles. The monoisotopic (exact) mass is 413 g/mol. The highest BCUT2D eigenvalue weighted by Crippen LogP contribution is 2.30. The first-order valence-corrected chi connectivity index (χ1v) is 9.91. The van der Waals surface area contributed by atoms with E-state index in [0.717, 1.165) is 4.88 Å². The molecule has 0 radical (unpaired) electrons. The van der Waals surface area contributed by atoms with Gasteiger partial charge in [-0.25, -0.2) is 13.1 Å². The van der Waals surface area contributed by atoms with E-state index < -0.39 is 16.1 Å². The Morgan fingerprint density at radius 3 is 2.48 bits per heavy atom. The van der Waals surface area contributed by atoms with Crippen LogP contribution in [0.1, 0.15) is 16.5 Å². The summed E-state index contributed by atoms with van der Waals surface area (Å²) in [6.07, 6.45) is -0.436. The summed E-state index contributed by atoms with van der Waals surface area (Å²) in [5.41, 5.74) is 0.629. The van der Waals surface area contributed by atoms with Crippen molar-refractivity contribution in [2.24, 2.45) is 0 Å². The van der Waals surface area contributed by atoms with E-state index in [1.807, 2.05) is 0 Å². The summed E-state index contributed by atoms with van der Waals surface area (Å²) in [4.78, 5) is 0.818. The van der Waals surface area contributed by atoms with Gasteiger partial charge in [0, 0.05) is 23.6 Å². The van der Waals surface area contributed by atoms with Crippen molar-refractivity contribution in [1.29, 1.82) is 0 Å². The quantitative estimate of drug-likeness (QED) is 0.746. The number of halogens is 3. The van der Waals surface area contributed by atoms with Gasteiger partial charge in [0.15, 0.2) is 0 Å². The van der Waals surface area contributed by atoms with Gasteiger partial charge in [-0.1, -0.05) is 34.8 Å². The fourth-order valence-electron chi connectivity index (χ4n) is 1.90. The van der Waals surface area contributed by atoms with E-state index in [2.05, 4.69) is 4.72 Å². The number of ether oxygens (including phenoxy) is 1. The number of hydrogen-bond acceptors (Lipinski definition) is 4. The minimum Gasteiger partial charge on any atom is -0.375 e. The normalized spacial score (nSPS) is 13.3. The van der Waals surface area contributed by atoms with Gasteiger partial charge in [0.2, 0.25) is 10.0 Å². The van der Waals surface area contributed by atoms with Gasteiger partial charge >= 0.3 is 0 Å². The third-order valence-corrected chi connectivity index (χ3v) is 6.78. The molecule has 126 valence electrons. The van der Waals surface area contributed by atoms with E-state index in [-0.39, 0.29) is 16.5 Å². The van der Waals surface area contributed by atoms with E-state index in [0.29, 0.717) is 14.9 Å². The molecule has 0 spiro atoms. The summed E-state index contributed by atoms with van der Waals surface area (Å²) in [6, 6.07) is 6.40. The second-order valence-electron chi connectivity index (χ2n) is 4.75. The predicted molar refractivity (Wildman–Crippen MR) is 95.5 cm³/mol. The molecular formula is C14H14Cl3NO3S2. The Balaban J connectivity index is 2.20. The van der Waals surface area contributed by atoms with Crippen molar-refractivity contribution < 1.29 is 13.2 Å². The van der Waals surface area contributed by atoms with E-state index in [4.69, 9.17) is 39.5 Å². The minimum absolute atomic E-state index is 0.0138. The van der Waals surface area contributed by atoms with Crippen LogP contribution in [-0.4, -0.2) is 22.1 Å². The summed E-state index contributed by atoms with van der Waals surface area (Å²) in [7, 11) is -2.28. The summed E-state index contributed by atoms with van der Waals surface area (Å²) in [6.45, 7) is 1.77. The first-order chi connectivity index (χ1) is 10.7. The van der Waals surface area contributed by atoms with Crippen molar-refractivity contribution in [2.75, 3.05) is 13.7 Å². The maximum atomic E-state index is 12.5. The van der Waals surface area contributed by atoms with Crippen LogP contribution in [0.3, 0.4) is 0 Å². The van der Waals surface area contributed by atoms with Crippen LogP contribution in [0.4, 0.5) is 0 Å². The maximum Gasteiger partial charge on any atom is 0.242 e. The van der Waals surface area contributed by atoms with E-state index in [9.17, 15) is 8.42 Å². The largest absolute Gasteiger partial charge is 0.375 e.